The van der Waals surface area contributed by atoms with E-state index in [1.54, 1.807) is 78.9 Å². The first-order valence-electron chi connectivity index (χ1n) is 21.9. The van der Waals surface area contributed by atoms with E-state index in [4.69, 9.17) is 28.2 Å². The van der Waals surface area contributed by atoms with Crippen LogP contribution in [0.15, 0.2) is 110 Å². The fourth-order valence-electron chi connectivity index (χ4n) is 8.47. The first-order chi connectivity index (χ1) is 33.3. The number of benzene rings is 3. The molecule has 0 bridgehead atoms. The molecule has 0 radical (unpaired) electrons. The van der Waals surface area contributed by atoms with Gasteiger partial charge in [-0.2, -0.15) is 5.26 Å². The number of aryl methyl sites for hydroxylation is 2. The van der Waals surface area contributed by atoms with Gasteiger partial charge in [0.15, 0.2) is 0 Å². The molecule has 3 heterocycles. The van der Waals surface area contributed by atoms with Gasteiger partial charge in [0.1, 0.15) is 42.1 Å². The highest BCUT2D eigenvalue weighted by Crippen LogP contribution is 2.49. The summed E-state index contributed by atoms with van der Waals surface area (Å²) in [7, 11) is -2.43. The number of aliphatic carboxylic acids is 1. The van der Waals surface area contributed by atoms with Gasteiger partial charge in [-0.05, 0) is 68.1 Å². The summed E-state index contributed by atoms with van der Waals surface area (Å²) in [5.41, 5.74) is -3.34. The van der Waals surface area contributed by atoms with Crippen molar-refractivity contribution in [3.63, 3.8) is 0 Å². The highest BCUT2D eigenvalue weighted by Gasteiger charge is 2.52. The summed E-state index contributed by atoms with van der Waals surface area (Å²) < 4.78 is 51.0. The maximum Gasteiger partial charge on any atom is 0.469 e. The summed E-state index contributed by atoms with van der Waals surface area (Å²) in [6, 6.07) is 24.7. The Morgan fingerprint density at radius 2 is 1.44 bits per heavy atom. The zero-order valence-electron chi connectivity index (χ0n) is 38.8. The number of hydrogen-bond acceptors (Lipinski definition) is 14. The zero-order valence-corrected chi connectivity index (χ0v) is 39.6. The fraction of sp³-hybridized carbons (Fsp3) is 0.383. The number of nitrogens with zero attached hydrogens (tertiary/aromatic N) is 4. The van der Waals surface area contributed by atoms with Crippen LogP contribution in [0.5, 0.6) is 11.5 Å². The van der Waals surface area contributed by atoms with Crippen LogP contribution in [0.3, 0.4) is 0 Å². The lowest BCUT2D eigenvalue weighted by Gasteiger charge is -2.43. The largest absolute Gasteiger partial charge is 0.497 e. The van der Waals surface area contributed by atoms with Crippen molar-refractivity contribution in [1.82, 2.24) is 24.0 Å². The molecule has 22 nitrogen and oxygen atoms in total. The van der Waals surface area contributed by atoms with E-state index in [2.05, 4.69) is 16.0 Å². The molecule has 70 heavy (non-hydrogen) atoms. The van der Waals surface area contributed by atoms with Gasteiger partial charge in [0.25, 0.3) is 11.1 Å². The van der Waals surface area contributed by atoms with Crippen LogP contribution < -0.4 is 32.0 Å². The fourth-order valence-corrected chi connectivity index (χ4v) is 9.03. The molecule has 3 aromatic carbocycles. The molecule has 372 valence electrons. The van der Waals surface area contributed by atoms with Gasteiger partial charge in [0.2, 0.25) is 12.1 Å². The summed E-state index contributed by atoms with van der Waals surface area (Å²) in [5, 5.41) is 21.1. The normalized spacial score (nSPS) is 17.3. The van der Waals surface area contributed by atoms with Gasteiger partial charge >= 0.3 is 25.2 Å². The third-order valence-corrected chi connectivity index (χ3v) is 12.4. The zero-order chi connectivity index (χ0) is 50.9. The van der Waals surface area contributed by atoms with Crippen LogP contribution >= 0.6 is 7.82 Å². The van der Waals surface area contributed by atoms with Crippen LogP contribution in [-0.4, -0.2) is 103 Å². The van der Waals surface area contributed by atoms with E-state index < -0.39 is 110 Å². The lowest BCUT2D eigenvalue weighted by atomic mass is 9.78. The molecule has 5 aromatic rings. The maximum atomic E-state index is 14.3. The van der Waals surface area contributed by atoms with E-state index in [1.165, 1.54) is 41.2 Å². The topological polar surface area (TPSA) is 304 Å². The highest BCUT2D eigenvalue weighted by atomic mass is 31.2. The number of H-pyrrole nitrogens is 2. The average Bonchev–Trinajstić information content (AvgIpc) is 3.73. The van der Waals surface area contributed by atoms with E-state index in [1.807, 2.05) is 0 Å². The Bertz CT molecular complexity index is 2920. The van der Waals surface area contributed by atoms with E-state index in [9.17, 15) is 53.5 Å². The number of rotatable bonds is 22. The minimum Gasteiger partial charge on any atom is -0.497 e. The molecule has 1 amide bonds. The molecule has 2 aromatic heterocycles. The van der Waals surface area contributed by atoms with Crippen molar-refractivity contribution in [2.24, 2.45) is 5.92 Å². The molecule has 5 N–H and O–H groups in total. The van der Waals surface area contributed by atoms with Crippen molar-refractivity contribution in [3.05, 3.63) is 161 Å². The van der Waals surface area contributed by atoms with Crippen LogP contribution in [0.2, 0.25) is 0 Å². The molecule has 3 unspecified atom stereocenters. The number of carboxylic acids is 1. The average molecular weight is 989 g/mol. The summed E-state index contributed by atoms with van der Waals surface area (Å²) in [5.74, 6) is -2.74. The number of hydrogen-bond donors (Lipinski definition) is 5. The quantitative estimate of drug-likeness (QED) is 0.0378. The Kier molecular flexibility index (Phi) is 17.0. The molecule has 1 aliphatic rings. The van der Waals surface area contributed by atoms with Crippen molar-refractivity contribution >= 4 is 19.7 Å². The summed E-state index contributed by atoms with van der Waals surface area (Å²) in [4.78, 5) is 104. The number of carbonyl (C=O) groups is 2. The lowest BCUT2D eigenvalue weighted by Crippen LogP contribution is -2.52. The predicted molar refractivity (Wildman–Crippen MR) is 248 cm³/mol. The van der Waals surface area contributed by atoms with Gasteiger partial charge in [0.05, 0.1) is 26.4 Å². The number of nitrogens with one attached hydrogen (secondary N) is 2. The number of phosphoric ester groups is 1. The molecular formula is C47H53N6O16P. The Hall–Kier alpha value is -6.96. The van der Waals surface area contributed by atoms with Gasteiger partial charge in [-0.1, -0.05) is 54.6 Å². The Labute approximate surface area is 399 Å². The third-order valence-electron chi connectivity index (χ3n) is 11.8. The molecule has 1 fully saturated rings. The van der Waals surface area contributed by atoms with Gasteiger partial charge < -0.3 is 43.5 Å². The van der Waals surface area contributed by atoms with Crippen molar-refractivity contribution in [1.29, 1.82) is 5.26 Å². The van der Waals surface area contributed by atoms with Gasteiger partial charge in [-0.25, -0.2) is 18.9 Å². The van der Waals surface area contributed by atoms with E-state index in [0.717, 1.165) is 20.2 Å². The molecule has 1 saturated heterocycles. The van der Waals surface area contributed by atoms with Crippen molar-refractivity contribution in [2.75, 3.05) is 27.4 Å². The number of aromatic amines is 2. The first kappa shape index (κ1) is 52.4. The monoisotopic (exact) mass is 988 g/mol. The second kappa shape index (κ2) is 22.6. The van der Waals surface area contributed by atoms with E-state index in [0.29, 0.717) is 28.2 Å². The first-order valence-corrected chi connectivity index (χ1v) is 23.4. The molecule has 0 spiro atoms. The molecule has 0 aliphatic carbocycles. The van der Waals surface area contributed by atoms with Gasteiger partial charge in [0, 0.05) is 55.4 Å². The summed E-state index contributed by atoms with van der Waals surface area (Å²) in [6.45, 7) is 2.92. The Balaban J connectivity index is 1.60. The number of amides is 1. The van der Waals surface area contributed by atoms with E-state index in [-0.39, 0.29) is 24.2 Å². The van der Waals surface area contributed by atoms with Crippen LogP contribution in [0.4, 0.5) is 0 Å². The maximum absolute atomic E-state index is 14.3. The molecule has 23 heteroatoms. The summed E-state index contributed by atoms with van der Waals surface area (Å²) >= 11 is 0. The number of aromatic nitrogens is 4. The Morgan fingerprint density at radius 3 is 1.97 bits per heavy atom. The van der Waals surface area contributed by atoms with Crippen LogP contribution in [0, 0.1) is 31.1 Å². The van der Waals surface area contributed by atoms with Crippen molar-refractivity contribution in [3.8, 4) is 17.6 Å². The smallest absolute Gasteiger partial charge is 0.469 e. The Morgan fingerprint density at radius 1 is 0.886 bits per heavy atom. The predicted octanol–water partition coefficient (Wildman–Crippen LogP) is 3.06. The second-order valence-corrected chi connectivity index (χ2v) is 17.5. The lowest BCUT2D eigenvalue weighted by molar-refractivity contribution is -0.175. The second-order valence-electron chi connectivity index (χ2n) is 16.3. The number of ether oxygens (including phenoxy) is 5. The number of methoxy groups -OCH3 is 2. The highest BCUT2D eigenvalue weighted by molar-refractivity contribution is 7.46. The minimum atomic E-state index is -5.41. The van der Waals surface area contributed by atoms with Crippen molar-refractivity contribution < 1.29 is 57.3 Å². The molecular weight excluding hydrogens is 936 g/mol. The van der Waals surface area contributed by atoms with Gasteiger partial charge in [-0.3, -0.25) is 38.0 Å². The number of nitriles is 1. The molecule has 6 rings (SSSR count). The minimum absolute atomic E-state index is 0.0875. The van der Waals surface area contributed by atoms with Crippen LogP contribution in [-0.2, 0) is 45.0 Å². The van der Waals surface area contributed by atoms with E-state index >= 15 is 0 Å². The van der Waals surface area contributed by atoms with Crippen molar-refractivity contribution in [2.45, 2.75) is 82.9 Å². The number of phosphoric acid groups is 1. The SMILES string of the molecule is CCOC(C(=O)O)N(CCC(CC#N)C(OC(c1ccccc1)(c1ccc(OC)cc1)c1ccc(OC)cc1)[C@H]1O[C@@H](n2cc(C)c(=O)[nH]c2=O)C[C@@H]1OP(=O)(O)O)C(=O)Cn1cc(C)c(=O)[nH]c1=O. The summed E-state index contributed by atoms with van der Waals surface area (Å²) in [6.07, 6.45) is -6.83. The standard InChI is InChI=1S/C47H53N6O16P/c1-6-66-43(44(57)58)52(37(54)27-51-25-28(2)41(55)49-45(51)59)23-21-30(20-22-48)39(40-36(69-70(61,62)63)24-38(67-40)53-26-29(3)42(56)50-46(53)60)68-47(31-10-8-7-9-11-31,32-12-16-34(64-4)17-13-32)33-14-18-35(65-5)19-15-33/h7-19,25-26,30,36,38-40,43H,6,20-21,23-24,27H2,1-5H3,(H,57,58)(H,49,55,59)(H,50,56,60)(H2,61,62,63)/t30?,36-,38+,39?,40-,43?/m0/s1. The van der Waals surface area contributed by atoms with Crippen LogP contribution in [0.1, 0.15) is 60.2 Å². The molecule has 1 aliphatic heterocycles. The third kappa shape index (κ3) is 11.9. The van der Waals surface area contributed by atoms with Gasteiger partial charge in [-0.15, -0.1) is 0 Å². The molecule has 6 atom stereocenters. The van der Waals surface area contributed by atoms with Crippen LogP contribution in [0.25, 0.3) is 0 Å². The molecule has 0 saturated carbocycles. The number of carboxylic acid groups (broad SMARTS) is 1. The number of carbonyl (C=O) groups excluding carboxylic acids is 1.